The van der Waals surface area contributed by atoms with Crippen LogP contribution in [0.25, 0.3) is 0 Å². The first-order valence-corrected chi connectivity index (χ1v) is 5.29. The summed E-state index contributed by atoms with van der Waals surface area (Å²) >= 11 is 0. The van der Waals surface area contributed by atoms with Gasteiger partial charge in [-0.2, -0.15) is 0 Å². The van der Waals surface area contributed by atoms with Gasteiger partial charge in [-0.15, -0.1) is 0 Å². The molecule has 0 aliphatic carbocycles. The van der Waals surface area contributed by atoms with Crippen molar-refractivity contribution in [3.05, 3.63) is 0 Å². The molecule has 2 heteroatoms. The van der Waals surface area contributed by atoms with Gasteiger partial charge in [0.05, 0.1) is 0 Å². The van der Waals surface area contributed by atoms with Gasteiger partial charge in [0.1, 0.15) is 0 Å². The lowest BCUT2D eigenvalue weighted by Crippen LogP contribution is -2.51. The Labute approximate surface area is 75.5 Å². The highest BCUT2D eigenvalue weighted by Crippen LogP contribution is 2.19. The van der Waals surface area contributed by atoms with Crippen LogP contribution >= 0.6 is 0 Å². The van der Waals surface area contributed by atoms with Crippen LogP contribution in [0.1, 0.15) is 25.7 Å². The number of hydrogen-bond donors (Lipinski definition) is 0. The Bertz CT molecular complexity index is 147. The lowest BCUT2D eigenvalue weighted by molar-refractivity contribution is 0.0925. The molecule has 0 aromatic rings. The highest BCUT2D eigenvalue weighted by molar-refractivity contribution is 4.82. The molecule has 0 bridgehead atoms. The highest BCUT2D eigenvalue weighted by Gasteiger charge is 2.25. The van der Waals surface area contributed by atoms with Crippen LogP contribution in [-0.4, -0.2) is 49.1 Å². The smallest absolute Gasteiger partial charge is 0.0223 e. The van der Waals surface area contributed by atoms with E-state index >= 15 is 0 Å². The zero-order valence-electron chi connectivity index (χ0n) is 8.13. The van der Waals surface area contributed by atoms with Crippen LogP contribution in [0, 0.1) is 0 Å². The van der Waals surface area contributed by atoms with Crippen LogP contribution in [0.5, 0.6) is 0 Å². The number of nitrogens with zero attached hydrogens (tertiary/aromatic N) is 2. The Morgan fingerprint density at radius 3 is 2.83 bits per heavy atom. The van der Waals surface area contributed by atoms with Crippen molar-refractivity contribution in [1.82, 2.24) is 9.80 Å². The van der Waals surface area contributed by atoms with Crippen LogP contribution in [0.4, 0.5) is 0 Å². The molecule has 2 aliphatic rings. The second-order valence-electron chi connectivity index (χ2n) is 4.30. The molecular weight excluding hydrogens is 148 g/mol. The van der Waals surface area contributed by atoms with Gasteiger partial charge in [-0.25, -0.2) is 0 Å². The fourth-order valence-electron chi connectivity index (χ4n) is 2.49. The summed E-state index contributed by atoms with van der Waals surface area (Å²) in [4.78, 5) is 5.18. The van der Waals surface area contributed by atoms with Gasteiger partial charge in [-0.3, -0.25) is 4.90 Å². The van der Waals surface area contributed by atoms with E-state index in [2.05, 4.69) is 16.8 Å². The quantitative estimate of drug-likeness (QED) is 0.536. The molecule has 0 N–H and O–H groups in total. The van der Waals surface area contributed by atoms with Gasteiger partial charge >= 0.3 is 0 Å². The number of hydrogen-bond acceptors (Lipinski definition) is 2. The second kappa shape index (κ2) is 3.75. The molecule has 1 atom stereocenters. The zero-order valence-corrected chi connectivity index (χ0v) is 8.13. The SMILES string of the molecule is CN1CCN2CCCCC[C@H]2C1. The van der Waals surface area contributed by atoms with Crippen molar-refractivity contribution < 1.29 is 0 Å². The molecule has 2 aliphatic heterocycles. The summed E-state index contributed by atoms with van der Waals surface area (Å²) in [7, 11) is 2.25. The molecule has 0 aromatic carbocycles. The third kappa shape index (κ3) is 1.80. The summed E-state index contributed by atoms with van der Waals surface area (Å²) in [5, 5.41) is 0. The molecule has 0 unspecified atom stereocenters. The number of piperazine rings is 1. The minimum absolute atomic E-state index is 0.881. The van der Waals surface area contributed by atoms with Gasteiger partial charge in [0.2, 0.25) is 0 Å². The lowest BCUT2D eigenvalue weighted by atomic mass is 10.1. The Kier molecular flexibility index (Phi) is 2.66. The first kappa shape index (κ1) is 8.52. The minimum atomic E-state index is 0.881. The summed E-state index contributed by atoms with van der Waals surface area (Å²) in [5.74, 6) is 0. The van der Waals surface area contributed by atoms with E-state index < -0.39 is 0 Å². The first-order chi connectivity index (χ1) is 5.86. The molecule has 0 radical (unpaired) electrons. The van der Waals surface area contributed by atoms with Crippen LogP contribution in [0.15, 0.2) is 0 Å². The van der Waals surface area contributed by atoms with Gasteiger partial charge in [-0.1, -0.05) is 12.8 Å². The Morgan fingerprint density at radius 1 is 1.00 bits per heavy atom. The summed E-state index contributed by atoms with van der Waals surface area (Å²) < 4.78 is 0. The van der Waals surface area contributed by atoms with E-state index in [9.17, 15) is 0 Å². The van der Waals surface area contributed by atoms with Crippen molar-refractivity contribution in [3.8, 4) is 0 Å². The van der Waals surface area contributed by atoms with Crippen molar-refractivity contribution in [1.29, 1.82) is 0 Å². The van der Waals surface area contributed by atoms with Crippen LogP contribution in [-0.2, 0) is 0 Å². The largest absolute Gasteiger partial charge is 0.304 e. The Morgan fingerprint density at radius 2 is 1.92 bits per heavy atom. The third-order valence-electron chi connectivity index (χ3n) is 3.29. The van der Waals surface area contributed by atoms with E-state index in [0.29, 0.717) is 0 Å². The molecular formula is C10H20N2. The third-order valence-corrected chi connectivity index (χ3v) is 3.29. The predicted molar refractivity (Wildman–Crippen MR) is 51.3 cm³/mol. The molecule has 0 aromatic heterocycles. The van der Waals surface area contributed by atoms with Gasteiger partial charge in [0.25, 0.3) is 0 Å². The van der Waals surface area contributed by atoms with Crippen molar-refractivity contribution >= 4 is 0 Å². The normalized spacial score (nSPS) is 34.2. The fourth-order valence-corrected chi connectivity index (χ4v) is 2.49. The second-order valence-corrected chi connectivity index (χ2v) is 4.30. The van der Waals surface area contributed by atoms with E-state index in [1.165, 1.54) is 51.9 Å². The fraction of sp³-hybridized carbons (Fsp3) is 1.00. The van der Waals surface area contributed by atoms with E-state index in [1.54, 1.807) is 0 Å². The first-order valence-electron chi connectivity index (χ1n) is 5.29. The van der Waals surface area contributed by atoms with Crippen molar-refractivity contribution in [3.63, 3.8) is 0 Å². The molecule has 12 heavy (non-hydrogen) atoms. The lowest BCUT2D eigenvalue weighted by Gasteiger charge is -2.38. The van der Waals surface area contributed by atoms with Gasteiger partial charge in [0.15, 0.2) is 0 Å². The maximum atomic E-state index is 2.70. The van der Waals surface area contributed by atoms with Gasteiger partial charge in [-0.05, 0) is 26.4 Å². The van der Waals surface area contributed by atoms with Crippen molar-refractivity contribution in [2.24, 2.45) is 0 Å². The molecule has 2 fully saturated rings. The van der Waals surface area contributed by atoms with Gasteiger partial charge in [0, 0.05) is 25.7 Å². The number of likely N-dealkylation sites (N-methyl/N-ethyl adjacent to an activating group) is 1. The maximum absolute atomic E-state index is 2.70. The monoisotopic (exact) mass is 168 g/mol. The van der Waals surface area contributed by atoms with Crippen LogP contribution < -0.4 is 0 Å². The topological polar surface area (TPSA) is 6.48 Å². The molecule has 0 amide bonds. The van der Waals surface area contributed by atoms with Gasteiger partial charge < -0.3 is 4.90 Å². The van der Waals surface area contributed by atoms with E-state index in [4.69, 9.17) is 0 Å². The summed E-state index contributed by atoms with van der Waals surface area (Å²) in [5.41, 5.74) is 0. The average Bonchev–Trinajstić information content (AvgIpc) is 2.28. The van der Waals surface area contributed by atoms with Crippen LogP contribution in [0.3, 0.4) is 0 Å². The summed E-state index contributed by atoms with van der Waals surface area (Å²) in [6.45, 7) is 5.25. The molecule has 2 nitrogen and oxygen atoms in total. The molecule has 0 spiro atoms. The minimum Gasteiger partial charge on any atom is -0.304 e. The molecule has 2 rings (SSSR count). The number of rotatable bonds is 0. The summed E-state index contributed by atoms with van der Waals surface area (Å²) in [6, 6.07) is 0.881. The number of fused-ring (bicyclic) bond motifs is 1. The Hall–Kier alpha value is -0.0800. The van der Waals surface area contributed by atoms with Crippen LogP contribution in [0.2, 0.25) is 0 Å². The Balaban J connectivity index is 1.94. The van der Waals surface area contributed by atoms with Crippen molar-refractivity contribution in [2.45, 2.75) is 31.7 Å². The molecule has 2 heterocycles. The van der Waals surface area contributed by atoms with Crippen molar-refractivity contribution in [2.75, 3.05) is 33.2 Å². The van der Waals surface area contributed by atoms with E-state index in [-0.39, 0.29) is 0 Å². The molecule has 2 saturated heterocycles. The van der Waals surface area contributed by atoms with E-state index in [0.717, 1.165) is 6.04 Å². The average molecular weight is 168 g/mol. The maximum Gasteiger partial charge on any atom is 0.0223 e. The molecule has 0 saturated carbocycles. The highest BCUT2D eigenvalue weighted by atomic mass is 15.3. The predicted octanol–water partition coefficient (Wildman–Crippen LogP) is 1.18. The standard InChI is InChI=1S/C10H20N2/c1-11-7-8-12-6-4-2-3-5-10(12)9-11/h10H,2-9H2,1H3/t10-/m0/s1. The summed E-state index contributed by atoms with van der Waals surface area (Å²) in [6.07, 6.45) is 5.77. The zero-order chi connectivity index (χ0) is 8.39. The van der Waals surface area contributed by atoms with E-state index in [1.807, 2.05) is 0 Å². The molecule has 70 valence electrons.